The number of hydrogen-bond donors (Lipinski definition) is 1. The van der Waals surface area contributed by atoms with E-state index in [1.807, 2.05) is 18.4 Å². The molecule has 8 heteroatoms. The summed E-state index contributed by atoms with van der Waals surface area (Å²) in [5.74, 6) is -0.271. The van der Waals surface area contributed by atoms with E-state index < -0.39 is 10.0 Å². The summed E-state index contributed by atoms with van der Waals surface area (Å²) >= 11 is 4.91. The third-order valence-corrected chi connectivity index (χ3v) is 7.33. The first kappa shape index (κ1) is 21.4. The lowest BCUT2D eigenvalue weighted by molar-refractivity contribution is 0.102. The molecular formula is C21H19BrN2O3S2. The van der Waals surface area contributed by atoms with Gasteiger partial charge >= 0.3 is 0 Å². The van der Waals surface area contributed by atoms with Gasteiger partial charge in [0, 0.05) is 27.7 Å². The number of amides is 1. The number of halogens is 1. The molecule has 0 fully saturated rings. The van der Waals surface area contributed by atoms with E-state index in [0.29, 0.717) is 16.9 Å². The molecule has 5 nitrogen and oxygen atoms in total. The largest absolute Gasteiger partial charge is 0.322 e. The molecule has 1 amide bonds. The van der Waals surface area contributed by atoms with Crippen LogP contribution in [0.5, 0.6) is 0 Å². The first-order chi connectivity index (χ1) is 13.8. The average Bonchev–Trinajstić information content (AvgIpc) is 2.73. The Labute approximate surface area is 183 Å². The molecule has 0 saturated heterocycles. The molecule has 0 bridgehead atoms. The number of anilines is 2. The summed E-state index contributed by atoms with van der Waals surface area (Å²) in [5.41, 5.74) is 1.57. The Balaban J connectivity index is 1.76. The molecule has 0 aromatic heterocycles. The highest BCUT2D eigenvalue weighted by Gasteiger charge is 2.21. The lowest BCUT2D eigenvalue weighted by Gasteiger charge is -2.20. The first-order valence-electron chi connectivity index (χ1n) is 8.61. The summed E-state index contributed by atoms with van der Waals surface area (Å²) in [4.78, 5) is 13.6. The van der Waals surface area contributed by atoms with Gasteiger partial charge in [-0.3, -0.25) is 9.10 Å². The number of benzene rings is 3. The SMILES string of the molecule is CSc1ccc(S(=O)(=O)N(C)c2ccc(C(=O)Nc3cccc(Br)c3)cc2)cc1. The number of rotatable bonds is 6. The molecule has 0 atom stereocenters. The minimum atomic E-state index is -3.69. The van der Waals surface area contributed by atoms with E-state index in [2.05, 4.69) is 21.2 Å². The second-order valence-electron chi connectivity index (χ2n) is 6.16. The molecular weight excluding hydrogens is 472 g/mol. The number of thioether (sulfide) groups is 1. The van der Waals surface area contributed by atoms with Gasteiger partial charge in [-0.05, 0) is 73.0 Å². The first-order valence-corrected chi connectivity index (χ1v) is 12.1. The van der Waals surface area contributed by atoms with Crippen LogP contribution in [0.2, 0.25) is 0 Å². The predicted molar refractivity (Wildman–Crippen MR) is 122 cm³/mol. The van der Waals surface area contributed by atoms with Crippen LogP contribution in [0.25, 0.3) is 0 Å². The second kappa shape index (κ2) is 9.02. The number of carbonyl (C=O) groups excluding carboxylic acids is 1. The summed E-state index contributed by atoms with van der Waals surface area (Å²) in [6.45, 7) is 0. The number of nitrogens with one attached hydrogen (secondary N) is 1. The van der Waals surface area contributed by atoms with Crippen molar-refractivity contribution in [3.05, 3.63) is 82.8 Å². The maximum Gasteiger partial charge on any atom is 0.264 e. The lowest BCUT2D eigenvalue weighted by Crippen LogP contribution is -2.26. The van der Waals surface area contributed by atoms with Crippen molar-refractivity contribution >= 4 is 55.0 Å². The zero-order valence-corrected chi connectivity index (χ0v) is 19.0. The molecule has 0 aliphatic heterocycles. The summed E-state index contributed by atoms with van der Waals surface area (Å²) < 4.78 is 27.8. The van der Waals surface area contributed by atoms with Crippen LogP contribution >= 0.6 is 27.7 Å². The van der Waals surface area contributed by atoms with Gasteiger partial charge in [-0.1, -0.05) is 22.0 Å². The average molecular weight is 491 g/mol. The zero-order valence-electron chi connectivity index (χ0n) is 15.8. The highest BCUT2D eigenvalue weighted by Crippen LogP contribution is 2.25. The molecule has 0 heterocycles. The number of carbonyl (C=O) groups is 1. The normalized spacial score (nSPS) is 11.1. The van der Waals surface area contributed by atoms with Crippen LogP contribution in [0.15, 0.2) is 87.1 Å². The van der Waals surface area contributed by atoms with Crippen LogP contribution in [0, 0.1) is 0 Å². The number of sulfonamides is 1. The Morgan fingerprint density at radius 3 is 2.24 bits per heavy atom. The van der Waals surface area contributed by atoms with E-state index in [4.69, 9.17) is 0 Å². The summed E-state index contributed by atoms with van der Waals surface area (Å²) in [6, 6.07) is 20.5. The van der Waals surface area contributed by atoms with E-state index in [0.717, 1.165) is 9.37 Å². The van der Waals surface area contributed by atoms with E-state index in [-0.39, 0.29) is 10.8 Å². The van der Waals surface area contributed by atoms with Crippen molar-refractivity contribution in [2.24, 2.45) is 0 Å². The van der Waals surface area contributed by atoms with Gasteiger partial charge in [0.2, 0.25) is 0 Å². The van der Waals surface area contributed by atoms with Gasteiger partial charge < -0.3 is 5.32 Å². The molecule has 3 rings (SSSR count). The Kier molecular flexibility index (Phi) is 6.66. The fourth-order valence-electron chi connectivity index (χ4n) is 2.64. The van der Waals surface area contributed by atoms with Crippen molar-refractivity contribution in [1.29, 1.82) is 0 Å². The minimum Gasteiger partial charge on any atom is -0.322 e. The smallest absolute Gasteiger partial charge is 0.264 e. The maximum atomic E-state index is 12.9. The topological polar surface area (TPSA) is 66.5 Å². The lowest BCUT2D eigenvalue weighted by atomic mass is 10.2. The predicted octanol–water partition coefficient (Wildman–Crippen LogP) is 5.25. The van der Waals surface area contributed by atoms with Crippen LogP contribution in [0.3, 0.4) is 0 Å². The van der Waals surface area contributed by atoms with Crippen molar-refractivity contribution in [2.45, 2.75) is 9.79 Å². The van der Waals surface area contributed by atoms with E-state index >= 15 is 0 Å². The van der Waals surface area contributed by atoms with Gasteiger partial charge in [0.15, 0.2) is 0 Å². The van der Waals surface area contributed by atoms with Gasteiger partial charge in [0.25, 0.3) is 15.9 Å². The van der Waals surface area contributed by atoms with Gasteiger partial charge in [-0.25, -0.2) is 8.42 Å². The van der Waals surface area contributed by atoms with Crippen LogP contribution in [-0.2, 0) is 10.0 Å². The number of hydrogen-bond acceptors (Lipinski definition) is 4. The summed E-state index contributed by atoms with van der Waals surface area (Å²) in [7, 11) is -2.19. The monoisotopic (exact) mass is 490 g/mol. The third kappa shape index (κ3) is 5.01. The molecule has 1 N–H and O–H groups in total. The van der Waals surface area contributed by atoms with Crippen LogP contribution in [0.4, 0.5) is 11.4 Å². The zero-order chi connectivity index (χ0) is 21.0. The van der Waals surface area contributed by atoms with Crippen LogP contribution in [0.1, 0.15) is 10.4 Å². The van der Waals surface area contributed by atoms with Crippen LogP contribution in [-0.4, -0.2) is 27.6 Å². The highest BCUT2D eigenvalue weighted by molar-refractivity contribution is 9.10. The van der Waals surface area contributed by atoms with Crippen molar-refractivity contribution in [2.75, 3.05) is 22.9 Å². The molecule has 0 saturated carbocycles. The Morgan fingerprint density at radius 2 is 1.66 bits per heavy atom. The molecule has 3 aromatic rings. The van der Waals surface area contributed by atoms with E-state index in [1.165, 1.54) is 11.4 Å². The molecule has 3 aromatic carbocycles. The van der Waals surface area contributed by atoms with E-state index in [1.54, 1.807) is 72.4 Å². The molecule has 0 radical (unpaired) electrons. The van der Waals surface area contributed by atoms with Crippen LogP contribution < -0.4 is 9.62 Å². The maximum absolute atomic E-state index is 12.9. The summed E-state index contributed by atoms with van der Waals surface area (Å²) in [5, 5.41) is 2.81. The van der Waals surface area contributed by atoms with Crippen molar-refractivity contribution in [3.63, 3.8) is 0 Å². The Hall–Kier alpha value is -2.29. The van der Waals surface area contributed by atoms with Gasteiger partial charge in [-0.15, -0.1) is 11.8 Å². The highest BCUT2D eigenvalue weighted by atomic mass is 79.9. The Bertz CT molecular complexity index is 1120. The summed E-state index contributed by atoms with van der Waals surface area (Å²) in [6.07, 6.45) is 1.93. The molecule has 0 aliphatic rings. The van der Waals surface area contributed by atoms with Gasteiger partial charge in [0.1, 0.15) is 0 Å². The fraction of sp³-hybridized carbons (Fsp3) is 0.0952. The van der Waals surface area contributed by atoms with Crippen molar-refractivity contribution < 1.29 is 13.2 Å². The van der Waals surface area contributed by atoms with Crippen molar-refractivity contribution in [3.8, 4) is 0 Å². The fourth-order valence-corrected chi connectivity index (χ4v) is 4.64. The van der Waals surface area contributed by atoms with Gasteiger partial charge in [-0.2, -0.15) is 0 Å². The number of nitrogens with zero attached hydrogens (tertiary/aromatic N) is 1. The van der Waals surface area contributed by atoms with Gasteiger partial charge in [0.05, 0.1) is 10.6 Å². The minimum absolute atomic E-state index is 0.217. The third-order valence-electron chi connectivity index (χ3n) is 4.29. The molecule has 0 aliphatic carbocycles. The molecule has 150 valence electrons. The Morgan fingerprint density at radius 1 is 1.00 bits per heavy atom. The molecule has 0 spiro atoms. The second-order valence-corrected chi connectivity index (χ2v) is 9.92. The standard InChI is InChI=1S/C21H19BrN2O3S2/c1-24(29(26,27)20-12-10-19(28-2)11-13-20)18-8-6-15(7-9-18)21(25)23-17-5-3-4-16(22)14-17/h3-14H,1-2H3,(H,23,25). The molecule has 0 unspecified atom stereocenters. The van der Waals surface area contributed by atoms with E-state index in [9.17, 15) is 13.2 Å². The quantitative estimate of drug-likeness (QED) is 0.479. The molecule has 29 heavy (non-hydrogen) atoms. The van der Waals surface area contributed by atoms with Crippen molar-refractivity contribution in [1.82, 2.24) is 0 Å².